The lowest BCUT2D eigenvalue weighted by molar-refractivity contribution is -0.0101. The molecule has 0 fully saturated rings. The number of rotatable bonds is 4. The first-order valence-electron chi connectivity index (χ1n) is 4.59. The first kappa shape index (κ1) is 11.7. The predicted molar refractivity (Wildman–Crippen MR) is 60.2 cm³/mol. The van der Waals surface area contributed by atoms with E-state index in [0.717, 1.165) is 0 Å². The van der Waals surface area contributed by atoms with E-state index in [1.165, 1.54) is 9.75 Å². The fraction of sp³-hybridized carbons (Fsp3) is 0.600. The van der Waals surface area contributed by atoms with Gasteiger partial charge in [0.2, 0.25) is 0 Å². The van der Waals surface area contributed by atoms with Crippen molar-refractivity contribution < 1.29 is 4.74 Å². The first-order valence-corrected chi connectivity index (χ1v) is 5.40. The molecule has 1 rings (SSSR count). The summed E-state index contributed by atoms with van der Waals surface area (Å²) in [5.41, 5.74) is 2.51. The number of nitrogens with one attached hydrogen (secondary N) is 1. The molecule has 4 heteroatoms. The summed E-state index contributed by atoms with van der Waals surface area (Å²) in [4.78, 5) is 2.49. The van der Waals surface area contributed by atoms with Gasteiger partial charge in [-0.05, 0) is 32.9 Å². The number of hydrogen-bond acceptors (Lipinski definition) is 4. The maximum absolute atomic E-state index is 5.55. The highest BCUT2D eigenvalue weighted by Gasteiger charge is 2.30. The lowest BCUT2D eigenvalue weighted by atomic mass is 9.98. The van der Waals surface area contributed by atoms with Crippen LogP contribution in [-0.4, -0.2) is 12.7 Å². The van der Waals surface area contributed by atoms with Gasteiger partial charge in [-0.15, -0.1) is 11.3 Å². The van der Waals surface area contributed by atoms with E-state index in [2.05, 4.69) is 24.5 Å². The Morgan fingerprint density at radius 3 is 2.50 bits per heavy atom. The molecule has 0 saturated carbocycles. The van der Waals surface area contributed by atoms with Crippen LogP contribution in [0.25, 0.3) is 0 Å². The molecule has 0 radical (unpaired) electrons. The van der Waals surface area contributed by atoms with Crippen molar-refractivity contribution in [1.82, 2.24) is 5.43 Å². The van der Waals surface area contributed by atoms with Crippen molar-refractivity contribution in [3.05, 3.63) is 21.9 Å². The van der Waals surface area contributed by atoms with E-state index in [-0.39, 0.29) is 11.6 Å². The Bertz CT molecular complexity index is 296. The number of nitrogens with two attached hydrogens (primary N) is 1. The number of aryl methyl sites for hydroxylation is 1. The van der Waals surface area contributed by atoms with E-state index in [4.69, 9.17) is 10.6 Å². The fourth-order valence-electron chi connectivity index (χ4n) is 1.35. The molecule has 1 atom stereocenters. The van der Waals surface area contributed by atoms with Gasteiger partial charge in [0.15, 0.2) is 0 Å². The summed E-state index contributed by atoms with van der Waals surface area (Å²) in [6.45, 7) is 6.13. The Balaban J connectivity index is 2.92. The SMILES string of the molecule is COC(C)(C)C(NN)c1ccc(C)s1. The summed E-state index contributed by atoms with van der Waals surface area (Å²) >= 11 is 1.74. The first-order chi connectivity index (χ1) is 6.51. The van der Waals surface area contributed by atoms with Crippen LogP contribution in [0, 0.1) is 6.92 Å². The Hall–Kier alpha value is -0.420. The van der Waals surface area contributed by atoms with E-state index in [0.29, 0.717) is 0 Å². The summed E-state index contributed by atoms with van der Waals surface area (Å²) in [6, 6.07) is 4.22. The third-order valence-corrected chi connectivity index (χ3v) is 3.50. The van der Waals surface area contributed by atoms with E-state index in [9.17, 15) is 0 Å². The van der Waals surface area contributed by atoms with E-state index >= 15 is 0 Å². The van der Waals surface area contributed by atoms with Gasteiger partial charge in [0.1, 0.15) is 0 Å². The Morgan fingerprint density at radius 2 is 2.14 bits per heavy atom. The molecule has 3 N–H and O–H groups in total. The quantitative estimate of drug-likeness (QED) is 0.595. The van der Waals surface area contributed by atoms with Crippen molar-refractivity contribution in [2.75, 3.05) is 7.11 Å². The Kier molecular flexibility index (Phi) is 3.66. The number of thiophene rings is 1. The Morgan fingerprint density at radius 1 is 1.50 bits per heavy atom. The molecule has 1 heterocycles. The molecule has 0 saturated heterocycles. The standard InChI is InChI=1S/C10H18N2OS/c1-7-5-6-8(14-7)9(12-11)10(2,3)13-4/h5-6,9,12H,11H2,1-4H3. The molecule has 14 heavy (non-hydrogen) atoms. The molecule has 0 spiro atoms. The van der Waals surface area contributed by atoms with Gasteiger partial charge in [0.05, 0.1) is 11.6 Å². The van der Waals surface area contributed by atoms with Gasteiger partial charge in [-0.1, -0.05) is 0 Å². The number of ether oxygens (including phenoxy) is 1. The second-order valence-electron chi connectivity index (χ2n) is 3.86. The molecule has 0 aromatic carbocycles. The maximum Gasteiger partial charge on any atom is 0.0837 e. The zero-order valence-corrected chi connectivity index (χ0v) is 9.94. The topological polar surface area (TPSA) is 47.3 Å². The Labute approximate surface area is 89.2 Å². The van der Waals surface area contributed by atoms with Crippen molar-refractivity contribution in [2.24, 2.45) is 5.84 Å². The highest BCUT2D eigenvalue weighted by molar-refractivity contribution is 7.12. The van der Waals surface area contributed by atoms with Gasteiger partial charge >= 0.3 is 0 Å². The van der Waals surface area contributed by atoms with Gasteiger partial charge in [-0.2, -0.15) is 0 Å². The molecule has 0 amide bonds. The number of hydrogen-bond donors (Lipinski definition) is 2. The summed E-state index contributed by atoms with van der Waals surface area (Å²) in [5.74, 6) is 5.55. The molecule has 1 aromatic rings. The zero-order chi connectivity index (χ0) is 10.8. The van der Waals surface area contributed by atoms with Crippen LogP contribution >= 0.6 is 11.3 Å². The minimum atomic E-state index is -0.300. The van der Waals surface area contributed by atoms with E-state index in [1.54, 1.807) is 18.4 Å². The minimum Gasteiger partial charge on any atom is -0.377 e. The van der Waals surface area contributed by atoms with Crippen molar-refractivity contribution in [3.63, 3.8) is 0 Å². The molecule has 0 bridgehead atoms. The fourth-order valence-corrected chi connectivity index (χ4v) is 2.47. The van der Waals surface area contributed by atoms with Crippen molar-refractivity contribution in [2.45, 2.75) is 32.4 Å². The second kappa shape index (κ2) is 4.40. The van der Waals surface area contributed by atoms with Gasteiger partial charge in [-0.3, -0.25) is 5.84 Å². The van der Waals surface area contributed by atoms with Crippen LogP contribution in [0.4, 0.5) is 0 Å². The number of hydrazine groups is 1. The van der Waals surface area contributed by atoms with Gasteiger partial charge < -0.3 is 4.74 Å². The van der Waals surface area contributed by atoms with E-state index in [1.807, 2.05) is 13.8 Å². The number of methoxy groups -OCH3 is 1. The normalized spacial score (nSPS) is 14.4. The molecule has 80 valence electrons. The predicted octanol–water partition coefficient (Wildman–Crippen LogP) is 1.99. The molecular weight excluding hydrogens is 196 g/mol. The van der Waals surface area contributed by atoms with Crippen LogP contribution in [-0.2, 0) is 4.74 Å². The molecule has 1 aromatic heterocycles. The third kappa shape index (κ3) is 2.33. The summed E-state index contributed by atoms with van der Waals surface area (Å²) in [7, 11) is 1.70. The highest BCUT2D eigenvalue weighted by Crippen LogP contribution is 2.31. The average molecular weight is 214 g/mol. The molecular formula is C10H18N2OS. The molecule has 0 aliphatic heterocycles. The lowest BCUT2D eigenvalue weighted by Gasteiger charge is -2.31. The van der Waals surface area contributed by atoms with Crippen LogP contribution in [0.2, 0.25) is 0 Å². The molecule has 3 nitrogen and oxygen atoms in total. The van der Waals surface area contributed by atoms with Crippen LogP contribution in [0.5, 0.6) is 0 Å². The monoisotopic (exact) mass is 214 g/mol. The molecule has 0 aliphatic carbocycles. The zero-order valence-electron chi connectivity index (χ0n) is 9.13. The van der Waals surface area contributed by atoms with Crippen LogP contribution in [0.15, 0.2) is 12.1 Å². The van der Waals surface area contributed by atoms with Crippen LogP contribution < -0.4 is 11.3 Å². The van der Waals surface area contributed by atoms with Crippen LogP contribution in [0.3, 0.4) is 0 Å². The summed E-state index contributed by atoms with van der Waals surface area (Å²) in [6.07, 6.45) is 0. The van der Waals surface area contributed by atoms with Gasteiger partial charge in [-0.25, -0.2) is 5.43 Å². The maximum atomic E-state index is 5.55. The van der Waals surface area contributed by atoms with Crippen molar-refractivity contribution >= 4 is 11.3 Å². The molecule has 0 aliphatic rings. The van der Waals surface area contributed by atoms with Crippen molar-refractivity contribution in [1.29, 1.82) is 0 Å². The van der Waals surface area contributed by atoms with E-state index < -0.39 is 0 Å². The smallest absolute Gasteiger partial charge is 0.0837 e. The van der Waals surface area contributed by atoms with Crippen molar-refractivity contribution in [3.8, 4) is 0 Å². The van der Waals surface area contributed by atoms with Crippen LogP contribution in [0.1, 0.15) is 29.6 Å². The second-order valence-corrected chi connectivity index (χ2v) is 5.18. The molecule has 1 unspecified atom stereocenters. The average Bonchev–Trinajstić information content (AvgIpc) is 2.53. The summed E-state index contributed by atoms with van der Waals surface area (Å²) < 4.78 is 5.42. The van der Waals surface area contributed by atoms with Gasteiger partial charge in [0, 0.05) is 16.9 Å². The summed E-state index contributed by atoms with van der Waals surface area (Å²) in [5, 5.41) is 0. The third-order valence-electron chi connectivity index (χ3n) is 2.43. The lowest BCUT2D eigenvalue weighted by Crippen LogP contribution is -2.43. The minimum absolute atomic E-state index is 0.0335. The largest absolute Gasteiger partial charge is 0.377 e. The van der Waals surface area contributed by atoms with Gasteiger partial charge in [0.25, 0.3) is 0 Å². The highest BCUT2D eigenvalue weighted by atomic mass is 32.1.